The number of methoxy groups -OCH3 is 1. The second-order valence-electron chi connectivity index (χ2n) is 4.68. The molecule has 0 saturated carbocycles. The van der Waals surface area contributed by atoms with Crippen molar-refractivity contribution < 1.29 is 9.53 Å². The number of carbonyl (C=O) groups is 1. The number of nitrogens with zero attached hydrogens (tertiary/aromatic N) is 2. The number of aromatic nitrogens is 2. The summed E-state index contributed by atoms with van der Waals surface area (Å²) in [7, 11) is 1.70. The maximum absolute atomic E-state index is 12.4. The van der Waals surface area contributed by atoms with Crippen LogP contribution in [0, 0.1) is 6.92 Å². The van der Waals surface area contributed by atoms with Gasteiger partial charge in [0.25, 0.3) is 5.91 Å². The first-order valence-corrected chi connectivity index (χ1v) is 6.21. The highest BCUT2D eigenvalue weighted by molar-refractivity contribution is 5.95. The van der Waals surface area contributed by atoms with E-state index in [0.717, 1.165) is 18.5 Å². The van der Waals surface area contributed by atoms with Gasteiger partial charge >= 0.3 is 0 Å². The highest BCUT2D eigenvalue weighted by atomic mass is 35.5. The molecule has 19 heavy (non-hydrogen) atoms. The van der Waals surface area contributed by atoms with Crippen LogP contribution in [-0.2, 0) is 4.74 Å². The van der Waals surface area contributed by atoms with E-state index in [2.05, 4.69) is 10.2 Å². The van der Waals surface area contributed by atoms with E-state index in [0.29, 0.717) is 18.7 Å². The first kappa shape index (κ1) is 15.9. The standard InChI is InChI=1S/C12H20N4O2.ClH/c1-8-11(7-14-15-8)12(17)16-4-3-10(18-2)5-9(16)6-13;/h7,9-10H,3-6,13H2,1-2H3,(H,14,15);1H. The van der Waals surface area contributed by atoms with Crippen molar-refractivity contribution in [3.8, 4) is 0 Å². The summed E-state index contributed by atoms with van der Waals surface area (Å²) in [6.45, 7) is 2.99. The summed E-state index contributed by atoms with van der Waals surface area (Å²) in [5.41, 5.74) is 7.19. The van der Waals surface area contributed by atoms with E-state index in [1.54, 1.807) is 13.3 Å². The molecule has 1 amide bonds. The molecule has 1 aliphatic heterocycles. The number of aryl methyl sites for hydroxylation is 1. The molecule has 1 aromatic heterocycles. The average Bonchev–Trinajstić information content (AvgIpc) is 2.83. The molecule has 0 radical (unpaired) electrons. The van der Waals surface area contributed by atoms with Gasteiger partial charge in [0, 0.05) is 31.9 Å². The van der Waals surface area contributed by atoms with E-state index < -0.39 is 0 Å². The van der Waals surface area contributed by atoms with Crippen LogP contribution in [0.25, 0.3) is 0 Å². The van der Waals surface area contributed by atoms with Crippen molar-refractivity contribution in [2.75, 3.05) is 20.2 Å². The van der Waals surface area contributed by atoms with Crippen LogP contribution in [0.15, 0.2) is 6.20 Å². The monoisotopic (exact) mass is 288 g/mol. The number of nitrogens with one attached hydrogen (secondary N) is 1. The largest absolute Gasteiger partial charge is 0.381 e. The Morgan fingerprint density at radius 2 is 2.42 bits per heavy atom. The highest BCUT2D eigenvalue weighted by Crippen LogP contribution is 2.21. The third-order valence-electron chi connectivity index (χ3n) is 3.59. The topological polar surface area (TPSA) is 84.2 Å². The Bertz CT molecular complexity index is 424. The van der Waals surface area contributed by atoms with Gasteiger partial charge < -0.3 is 15.4 Å². The van der Waals surface area contributed by atoms with Crippen molar-refractivity contribution >= 4 is 18.3 Å². The maximum Gasteiger partial charge on any atom is 0.257 e. The lowest BCUT2D eigenvalue weighted by Gasteiger charge is -2.38. The SMILES string of the molecule is COC1CCN(C(=O)c2cn[nH]c2C)C(CN)C1.Cl. The predicted octanol–water partition coefficient (Wildman–Crippen LogP) is 0.718. The van der Waals surface area contributed by atoms with Gasteiger partial charge in [0.1, 0.15) is 0 Å². The summed E-state index contributed by atoms with van der Waals surface area (Å²) in [5, 5.41) is 6.68. The Labute approximate surface area is 119 Å². The molecule has 2 unspecified atom stereocenters. The number of rotatable bonds is 3. The van der Waals surface area contributed by atoms with Gasteiger partial charge in [-0.3, -0.25) is 9.89 Å². The lowest BCUT2D eigenvalue weighted by Crippen LogP contribution is -2.51. The van der Waals surface area contributed by atoms with Gasteiger partial charge in [-0.15, -0.1) is 12.4 Å². The molecule has 108 valence electrons. The number of likely N-dealkylation sites (tertiary alicyclic amines) is 1. The quantitative estimate of drug-likeness (QED) is 0.858. The van der Waals surface area contributed by atoms with Gasteiger partial charge in [-0.2, -0.15) is 5.10 Å². The Balaban J connectivity index is 0.00000180. The molecule has 2 atom stereocenters. The molecule has 0 bridgehead atoms. The molecule has 1 saturated heterocycles. The second-order valence-corrected chi connectivity index (χ2v) is 4.68. The minimum Gasteiger partial charge on any atom is -0.381 e. The minimum atomic E-state index is 0. The van der Waals surface area contributed by atoms with E-state index in [4.69, 9.17) is 10.5 Å². The molecular formula is C12H21ClN4O2. The molecule has 2 heterocycles. The smallest absolute Gasteiger partial charge is 0.257 e. The number of halogens is 1. The van der Waals surface area contributed by atoms with Crippen LogP contribution < -0.4 is 5.73 Å². The zero-order valence-electron chi connectivity index (χ0n) is 11.3. The number of hydrogen-bond acceptors (Lipinski definition) is 4. The third-order valence-corrected chi connectivity index (χ3v) is 3.59. The molecule has 1 aliphatic rings. The lowest BCUT2D eigenvalue weighted by molar-refractivity contribution is 0.0139. The van der Waals surface area contributed by atoms with Crippen molar-refractivity contribution in [3.63, 3.8) is 0 Å². The van der Waals surface area contributed by atoms with Crippen LogP contribution in [0.1, 0.15) is 28.9 Å². The second kappa shape index (κ2) is 6.88. The van der Waals surface area contributed by atoms with Gasteiger partial charge in [0.15, 0.2) is 0 Å². The number of amides is 1. The first-order chi connectivity index (χ1) is 8.67. The van der Waals surface area contributed by atoms with E-state index in [9.17, 15) is 4.79 Å². The van der Waals surface area contributed by atoms with Crippen molar-refractivity contribution in [1.82, 2.24) is 15.1 Å². The van der Waals surface area contributed by atoms with Crippen LogP contribution >= 0.6 is 12.4 Å². The lowest BCUT2D eigenvalue weighted by atomic mass is 9.98. The van der Waals surface area contributed by atoms with Gasteiger partial charge in [-0.25, -0.2) is 0 Å². The van der Waals surface area contributed by atoms with Crippen LogP contribution in [0.5, 0.6) is 0 Å². The molecule has 0 aliphatic carbocycles. The van der Waals surface area contributed by atoms with Crippen LogP contribution in [0.4, 0.5) is 0 Å². The molecule has 3 N–H and O–H groups in total. The fourth-order valence-corrected chi connectivity index (χ4v) is 2.44. The summed E-state index contributed by atoms with van der Waals surface area (Å²) in [5.74, 6) is 0.00579. The number of hydrogen-bond donors (Lipinski definition) is 2. The van der Waals surface area contributed by atoms with Crippen LogP contribution in [0.2, 0.25) is 0 Å². The number of nitrogens with two attached hydrogens (primary N) is 1. The van der Waals surface area contributed by atoms with Crippen LogP contribution in [0.3, 0.4) is 0 Å². The summed E-state index contributed by atoms with van der Waals surface area (Å²) >= 11 is 0. The van der Waals surface area contributed by atoms with E-state index >= 15 is 0 Å². The van der Waals surface area contributed by atoms with Gasteiger partial charge in [0.05, 0.1) is 17.9 Å². The number of carbonyl (C=O) groups excluding carboxylic acids is 1. The zero-order chi connectivity index (χ0) is 13.1. The summed E-state index contributed by atoms with van der Waals surface area (Å²) in [6, 6.07) is 0.0468. The molecular weight excluding hydrogens is 268 g/mol. The Morgan fingerprint density at radius 1 is 1.68 bits per heavy atom. The summed E-state index contributed by atoms with van der Waals surface area (Å²) in [4.78, 5) is 14.3. The molecule has 0 aromatic carbocycles. The molecule has 1 aromatic rings. The van der Waals surface area contributed by atoms with Crippen molar-refractivity contribution in [2.45, 2.75) is 31.9 Å². The third kappa shape index (κ3) is 3.26. The Hall–Kier alpha value is -1.11. The minimum absolute atomic E-state index is 0. The van der Waals surface area contributed by atoms with Crippen molar-refractivity contribution in [3.05, 3.63) is 17.5 Å². The maximum atomic E-state index is 12.4. The normalized spacial score (nSPS) is 23.0. The van der Waals surface area contributed by atoms with Crippen LogP contribution in [-0.4, -0.2) is 53.3 Å². The molecule has 2 rings (SSSR count). The summed E-state index contributed by atoms with van der Waals surface area (Å²) < 4.78 is 5.35. The fourth-order valence-electron chi connectivity index (χ4n) is 2.44. The number of piperidine rings is 1. The van der Waals surface area contributed by atoms with Gasteiger partial charge in [0.2, 0.25) is 0 Å². The number of ether oxygens (including phenoxy) is 1. The van der Waals surface area contributed by atoms with Crippen molar-refractivity contribution in [2.24, 2.45) is 5.73 Å². The Morgan fingerprint density at radius 3 is 2.95 bits per heavy atom. The first-order valence-electron chi connectivity index (χ1n) is 6.21. The fraction of sp³-hybridized carbons (Fsp3) is 0.667. The molecule has 1 fully saturated rings. The zero-order valence-corrected chi connectivity index (χ0v) is 12.1. The molecule has 0 spiro atoms. The molecule has 6 nitrogen and oxygen atoms in total. The van der Waals surface area contributed by atoms with E-state index in [-0.39, 0.29) is 30.5 Å². The van der Waals surface area contributed by atoms with E-state index in [1.165, 1.54) is 0 Å². The van der Waals surface area contributed by atoms with Gasteiger partial charge in [-0.1, -0.05) is 0 Å². The molecule has 7 heteroatoms. The number of H-pyrrole nitrogens is 1. The number of aromatic amines is 1. The Kier molecular flexibility index (Phi) is 5.78. The highest BCUT2D eigenvalue weighted by Gasteiger charge is 2.32. The van der Waals surface area contributed by atoms with E-state index in [1.807, 2.05) is 11.8 Å². The summed E-state index contributed by atoms with van der Waals surface area (Å²) in [6.07, 6.45) is 3.44. The predicted molar refractivity (Wildman–Crippen MR) is 74.5 cm³/mol. The van der Waals surface area contributed by atoms with Crippen molar-refractivity contribution in [1.29, 1.82) is 0 Å². The van der Waals surface area contributed by atoms with Gasteiger partial charge in [-0.05, 0) is 19.8 Å². The average molecular weight is 289 g/mol.